The van der Waals surface area contributed by atoms with E-state index in [-0.39, 0.29) is 6.04 Å². The minimum atomic E-state index is 0.181. The molecule has 1 aliphatic carbocycles. The van der Waals surface area contributed by atoms with E-state index in [1.165, 1.54) is 28.1 Å². The quantitative estimate of drug-likeness (QED) is 0.882. The summed E-state index contributed by atoms with van der Waals surface area (Å²) < 4.78 is 2.47. The van der Waals surface area contributed by atoms with E-state index in [9.17, 15) is 0 Å². The standard InChI is InChI=1S/C19H26N2/c1-13-7-5-6-8-15(13)12-21-14(2)9-16-17(20)10-19(3,4)11-18(16)21/h5-9,17H,10-12,20H2,1-4H3. The van der Waals surface area contributed by atoms with Crippen molar-refractivity contribution in [2.45, 2.75) is 53.1 Å². The lowest BCUT2D eigenvalue weighted by Crippen LogP contribution is -2.30. The SMILES string of the molecule is Cc1ccccc1Cn1c(C)cc2c1CC(C)(C)CC2N. The molecule has 1 aliphatic rings. The van der Waals surface area contributed by atoms with Crippen molar-refractivity contribution >= 4 is 0 Å². The van der Waals surface area contributed by atoms with Crippen molar-refractivity contribution in [2.75, 3.05) is 0 Å². The normalized spacial score (nSPS) is 20.3. The third kappa shape index (κ3) is 2.65. The number of fused-ring (bicyclic) bond motifs is 1. The molecule has 0 spiro atoms. The van der Waals surface area contributed by atoms with Crippen LogP contribution in [0.15, 0.2) is 30.3 Å². The van der Waals surface area contributed by atoms with Crippen LogP contribution in [0.5, 0.6) is 0 Å². The number of rotatable bonds is 2. The van der Waals surface area contributed by atoms with Crippen molar-refractivity contribution in [3.05, 3.63) is 58.4 Å². The van der Waals surface area contributed by atoms with E-state index in [1.807, 2.05) is 0 Å². The molecule has 0 bridgehead atoms. The molecule has 2 aromatic rings. The van der Waals surface area contributed by atoms with Gasteiger partial charge in [0.05, 0.1) is 0 Å². The number of nitrogens with zero attached hydrogens (tertiary/aromatic N) is 1. The first-order valence-corrected chi connectivity index (χ1v) is 7.86. The molecule has 0 fully saturated rings. The van der Waals surface area contributed by atoms with Crippen molar-refractivity contribution in [2.24, 2.45) is 11.1 Å². The molecule has 0 amide bonds. The van der Waals surface area contributed by atoms with E-state index in [0.29, 0.717) is 5.41 Å². The largest absolute Gasteiger partial charge is 0.344 e. The van der Waals surface area contributed by atoms with Crippen LogP contribution >= 0.6 is 0 Å². The van der Waals surface area contributed by atoms with E-state index in [4.69, 9.17) is 5.73 Å². The molecular weight excluding hydrogens is 256 g/mol. The van der Waals surface area contributed by atoms with E-state index in [0.717, 1.165) is 19.4 Å². The Balaban J connectivity index is 2.03. The summed E-state index contributed by atoms with van der Waals surface area (Å²) in [6.45, 7) is 10.0. The van der Waals surface area contributed by atoms with Gasteiger partial charge < -0.3 is 10.3 Å². The first kappa shape index (κ1) is 14.4. The number of hydrogen-bond acceptors (Lipinski definition) is 1. The predicted octanol–water partition coefficient (Wildman–Crippen LogP) is 4.13. The fourth-order valence-corrected chi connectivity index (χ4v) is 3.68. The van der Waals surface area contributed by atoms with Gasteiger partial charge in [-0.25, -0.2) is 0 Å². The Morgan fingerprint density at radius 2 is 1.95 bits per heavy atom. The molecule has 2 nitrogen and oxygen atoms in total. The summed E-state index contributed by atoms with van der Waals surface area (Å²) in [4.78, 5) is 0. The molecule has 21 heavy (non-hydrogen) atoms. The van der Waals surface area contributed by atoms with Crippen LogP contribution in [-0.2, 0) is 13.0 Å². The van der Waals surface area contributed by atoms with E-state index >= 15 is 0 Å². The molecule has 0 saturated carbocycles. The van der Waals surface area contributed by atoms with Crippen LogP contribution < -0.4 is 5.73 Å². The van der Waals surface area contributed by atoms with Gasteiger partial charge in [-0.3, -0.25) is 0 Å². The van der Waals surface area contributed by atoms with Gasteiger partial charge >= 0.3 is 0 Å². The lowest BCUT2D eigenvalue weighted by Gasteiger charge is -2.34. The van der Waals surface area contributed by atoms with E-state index in [1.54, 1.807) is 0 Å². The van der Waals surface area contributed by atoms with Gasteiger partial charge in [0, 0.05) is 24.0 Å². The van der Waals surface area contributed by atoms with Crippen LogP contribution in [0.25, 0.3) is 0 Å². The van der Waals surface area contributed by atoms with E-state index < -0.39 is 0 Å². The summed E-state index contributed by atoms with van der Waals surface area (Å²) in [6, 6.07) is 11.1. The third-order valence-electron chi connectivity index (χ3n) is 4.86. The molecule has 1 heterocycles. The second kappa shape index (κ2) is 5.03. The molecule has 2 N–H and O–H groups in total. The number of aromatic nitrogens is 1. The Bertz CT molecular complexity index is 664. The first-order valence-electron chi connectivity index (χ1n) is 7.86. The van der Waals surface area contributed by atoms with Gasteiger partial charge in [0.1, 0.15) is 0 Å². The van der Waals surface area contributed by atoms with Gasteiger partial charge in [0.2, 0.25) is 0 Å². The van der Waals surface area contributed by atoms with E-state index in [2.05, 4.69) is 62.6 Å². The minimum Gasteiger partial charge on any atom is -0.344 e. The van der Waals surface area contributed by atoms with Crippen LogP contribution in [0, 0.1) is 19.3 Å². The average Bonchev–Trinajstić information content (AvgIpc) is 2.69. The smallest absolute Gasteiger partial charge is 0.0478 e. The van der Waals surface area contributed by atoms with Crippen LogP contribution in [-0.4, -0.2) is 4.57 Å². The van der Waals surface area contributed by atoms with Crippen LogP contribution in [0.1, 0.15) is 54.4 Å². The van der Waals surface area contributed by atoms with Gasteiger partial charge in [-0.1, -0.05) is 38.1 Å². The molecule has 0 aliphatic heterocycles. The number of aryl methyl sites for hydroxylation is 2. The summed E-state index contributed by atoms with van der Waals surface area (Å²) in [5.74, 6) is 0. The molecule has 1 atom stereocenters. The van der Waals surface area contributed by atoms with Crippen molar-refractivity contribution in [3.8, 4) is 0 Å². The monoisotopic (exact) mass is 282 g/mol. The Kier molecular flexibility index (Phi) is 3.45. The Morgan fingerprint density at radius 3 is 2.67 bits per heavy atom. The molecule has 2 heteroatoms. The molecule has 112 valence electrons. The number of nitrogens with two attached hydrogens (primary N) is 1. The summed E-state index contributed by atoms with van der Waals surface area (Å²) in [6.07, 6.45) is 2.20. The molecule has 0 radical (unpaired) electrons. The molecule has 1 aromatic carbocycles. The second-order valence-electron chi connectivity index (χ2n) is 7.35. The zero-order valence-electron chi connectivity index (χ0n) is 13.6. The molecular formula is C19H26N2. The van der Waals surface area contributed by atoms with Crippen molar-refractivity contribution in [3.63, 3.8) is 0 Å². The number of benzene rings is 1. The highest BCUT2D eigenvalue weighted by Gasteiger charge is 2.33. The van der Waals surface area contributed by atoms with Crippen LogP contribution in [0.3, 0.4) is 0 Å². The summed E-state index contributed by atoms with van der Waals surface area (Å²) in [5.41, 5.74) is 13.6. The first-order chi connectivity index (χ1) is 9.87. The fraction of sp³-hybridized carbons (Fsp3) is 0.474. The lowest BCUT2D eigenvalue weighted by atomic mass is 9.74. The summed E-state index contributed by atoms with van der Waals surface area (Å²) >= 11 is 0. The van der Waals surface area contributed by atoms with Crippen molar-refractivity contribution in [1.29, 1.82) is 0 Å². The highest BCUT2D eigenvalue weighted by atomic mass is 15.0. The highest BCUT2D eigenvalue weighted by Crippen LogP contribution is 2.41. The molecule has 3 rings (SSSR count). The predicted molar refractivity (Wildman–Crippen MR) is 88.5 cm³/mol. The van der Waals surface area contributed by atoms with Crippen molar-refractivity contribution in [1.82, 2.24) is 4.57 Å². The highest BCUT2D eigenvalue weighted by molar-refractivity contribution is 5.36. The maximum atomic E-state index is 6.41. The maximum absolute atomic E-state index is 6.41. The lowest BCUT2D eigenvalue weighted by molar-refractivity contribution is 0.276. The van der Waals surface area contributed by atoms with Gasteiger partial charge in [0.25, 0.3) is 0 Å². The Labute approximate surface area is 128 Å². The third-order valence-corrected chi connectivity index (χ3v) is 4.86. The van der Waals surface area contributed by atoms with Crippen LogP contribution in [0.2, 0.25) is 0 Å². The van der Waals surface area contributed by atoms with Gasteiger partial charge in [-0.15, -0.1) is 0 Å². The molecule has 1 unspecified atom stereocenters. The van der Waals surface area contributed by atoms with Gasteiger partial charge in [-0.2, -0.15) is 0 Å². The average molecular weight is 282 g/mol. The number of hydrogen-bond donors (Lipinski definition) is 1. The summed E-state index contributed by atoms with van der Waals surface area (Å²) in [7, 11) is 0. The molecule has 1 aromatic heterocycles. The topological polar surface area (TPSA) is 30.9 Å². The summed E-state index contributed by atoms with van der Waals surface area (Å²) in [5, 5.41) is 0. The van der Waals surface area contributed by atoms with Gasteiger partial charge in [0.15, 0.2) is 0 Å². The molecule has 0 saturated heterocycles. The maximum Gasteiger partial charge on any atom is 0.0478 e. The fourth-order valence-electron chi connectivity index (χ4n) is 3.68. The van der Waals surface area contributed by atoms with Gasteiger partial charge in [-0.05, 0) is 54.9 Å². The second-order valence-corrected chi connectivity index (χ2v) is 7.35. The Hall–Kier alpha value is -1.54. The van der Waals surface area contributed by atoms with Crippen molar-refractivity contribution < 1.29 is 0 Å². The minimum absolute atomic E-state index is 0.181. The zero-order chi connectivity index (χ0) is 15.2. The van der Waals surface area contributed by atoms with Crippen LogP contribution in [0.4, 0.5) is 0 Å². The Morgan fingerprint density at radius 1 is 1.24 bits per heavy atom. The zero-order valence-corrected chi connectivity index (χ0v) is 13.6.